The molecule has 1 atom stereocenters. The van der Waals surface area contributed by atoms with E-state index in [1.54, 1.807) is 0 Å². The number of carbonyl (C=O) groups excluding carboxylic acids is 1. The van der Waals surface area contributed by atoms with Gasteiger partial charge in [-0.3, -0.25) is 4.79 Å². The largest absolute Gasteiger partial charge is 0.338 e. The van der Waals surface area contributed by atoms with Crippen molar-refractivity contribution in [1.82, 2.24) is 4.90 Å². The van der Waals surface area contributed by atoms with Crippen molar-refractivity contribution < 1.29 is 4.79 Å². The van der Waals surface area contributed by atoms with Crippen molar-refractivity contribution in [2.24, 2.45) is 11.7 Å². The Morgan fingerprint density at radius 2 is 1.95 bits per heavy atom. The van der Waals surface area contributed by atoms with Crippen molar-refractivity contribution in [2.75, 3.05) is 6.54 Å². The van der Waals surface area contributed by atoms with E-state index in [1.165, 1.54) is 0 Å². The number of benzene rings is 1. The molecule has 3 nitrogen and oxygen atoms in total. The summed E-state index contributed by atoms with van der Waals surface area (Å²) >= 11 is 0. The van der Waals surface area contributed by atoms with Gasteiger partial charge in [0, 0.05) is 12.6 Å². The summed E-state index contributed by atoms with van der Waals surface area (Å²) in [6.07, 6.45) is 3.27. The molecular weight excluding hydrogens is 248 g/mol. The van der Waals surface area contributed by atoms with E-state index in [9.17, 15) is 4.79 Å². The van der Waals surface area contributed by atoms with Gasteiger partial charge in [0.25, 0.3) is 0 Å². The highest BCUT2D eigenvalue weighted by atomic mass is 16.2. The number of nitrogens with zero attached hydrogens (tertiary/aromatic N) is 1. The first-order valence-electron chi connectivity index (χ1n) is 7.58. The van der Waals surface area contributed by atoms with Crippen LogP contribution >= 0.6 is 0 Å². The zero-order chi connectivity index (χ0) is 14.8. The van der Waals surface area contributed by atoms with Crippen LogP contribution in [-0.4, -0.2) is 23.4 Å². The summed E-state index contributed by atoms with van der Waals surface area (Å²) in [6, 6.07) is 10.1. The molecule has 20 heavy (non-hydrogen) atoms. The van der Waals surface area contributed by atoms with Crippen molar-refractivity contribution in [1.29, 1.82) is 0 Å². The van der Waals surface area contributed by atoms with Gasteiger partial charge in [-0.2, -0.15) is 0 Å². The molecule has 0 aliphatic heterocycles. The molecule has 1 saturated carbocycles. The third-order valence-electron chi connectivity index (χ3n) is 4.01. The first-order chi connectivity index (χ1) is 9.43. The number of carbonyl (C=O) groups is 1. The molecule has 3 heteroatoms. The van der Waals surface area contributed by atoms with Gasteiger partial charge in [-0.1, -0.05) is 44.2 Å². The fourth-order valence-corrected chi connectivity index (χ4v) is 2.44. The number of amides is 1. The summed E-state index contributed by atoms with van der Waals surface area (Å²) in [7, 11) is 0. The molecule has 1 aromatic rings. The Kier molecular flexibility index (Phi) is 4.48. The van der Waals surface area contributed by atoms with Gasteiger partial charge in [0.05, 0.1) is 0 Å². The Hall–Kier alpha value is -1.35. The minimum Gasteiger partial charge on any atom is -0.338 e. The number of hydrogen-bond donors (Lipinski definition) is 1. The number of hydrogen-bond acceptors (Lipinski definition) is 2. The van der Waals surface area contributed by atoms with Crippen LogP contribution in [0.2, 0.25) is 0 Å². The first kappa shape index (κ1) is 15.0. The lowest BCUT2D eigenvalue weighted by atomic mass is 9.91. The summed E-state index contributed by atoms with van der Waals surface area (Å²) in [5.41, 5.74) is 6.32. The lowest BCUT2D eigenvalue weighted by molar-refractivity contribution is -0.137. The standard InChI is InChI=1S/C17H26N2O/c1-13(2)11-12-19(15-9-10-15)16(20)17(3,18)14-7-5-4-6-8-14/h4-8,13,15H,9-12,18H2,1-3H3. The van der Waals surface area contributed by atoms with Gasteiger partial charge in [0.1, 0.15) is 5.54 Å². The summed E-state index contributed by atoms with van der Waals surface area (Å²) in [4.78, 5) is 14.9. The SMILES string of the molecule is CC(C)CCN(C(=O)C(C)(N)c1ccccc1)C1CC1. The second kappa shape index (κ2) is 5.96. The average Bonchev–Trinajstić information content (AvgIpc) is 3.24. The van der Waals surface area contributed by atoms with Crippen LogP contribution < -0.4 is 5.73 Å². The van der Waals surface area contributed by atoms with E-state index in [-0.39, 0.29) is 5.91 Å². The van der Waals surface area contributed by atoms with Crippen LogP contribution in [0.1, 0.15) is 45.6 Å². The maximum absolute atomic E-state index is 12.9. The van der Waals surface area contributed by atoms with Crippen LogP contribution in [0, 0.1) is 5.92 Å². The molecule has 0 heterocycles. The summed E-state index contributed by atoms with van der Waals surface area (Å²) in [5, 5.41) is 0. The molecule has 1 fully saturated rings. The van der Waals surface area contributed by atoms with Crippen LogP contribution in [0.4, 0.5) is 0 Å². The lowest BCUT2D eigenvalue weighted by Gasteiger charge is -2.32. The molecule has 1 amide bonds. The fourth-order valence-electron chi connectivity index (χ4n) is 2.44. The molecule has 2 rings (SSSR count). The van der Waals surface area contributed by atoms with Gasteiger partial charge in [-0.15, -0.1) is 0 Å². The maximum atomic E-state index is 12.9. The molecule has 1 aromatic carbocycles. The smallest absolute Gasteiger partial charge is 0.247 e. The molecule has 0 radical (unpaired) electrons. The van der Waals surface area contributed by atoms with Gasteiger partial charge in [-0.25, -0.2) is 0 Å². The second-order valence-corrected chi connectivity index (χ2v) is 6.48. The summed E-state index contributed by atoms with van der Waals surface area (Å²) in [6.45, 7) is 7.03. The zero-order valence-electron chi connectivity index (χ0n) is 12.8. The third kappa shape index (κ3) is 3.40. The van der Waals surface area contributed by atoms with Crippen molar-refractivity contribution in [3.8, 4) is 0 Å². The van der Waals surface area contributed by atoms with Crippen molar-refractivity contribution in [3.05, 3.63) is 35.9 Å². The molecule has 0 spiro atoms. The molecule has 1 aliphatic carbocycles. The van der Waals surface area contributed by atoms with Gasteiger partial charge in [0.15, 0.2) is 0 Å². The monoisotopic (exact) mass is 274 g/mol. The Morgan fingerprint density at radius 1 is 1.35 bits per heavy atom. The Morgan fingerprint density at radius 3 is 2.45 bits per heavy atom. The highest BCUT2D eigenvalue weighted by molar-refractivity contribution is 5.87. The van der Waals surface area contributed by atoms with E-state index in [4.69, 9.17) is 5.73 Å². The highest BCUT2D eigenvalue weighted by Crippen LogP contribution is 2.31. The van der Waals surface area contributed by atoms with Crippen LogP contribution in [-0.2, 0) is 10.3 Å². The van der Waals surface area contributed by atoms with Crippen LogP contribution in [0.25, 0.3) is 0 Å². The minimum absolute atomic E-state index is 0.0619. The fraction of sp³-hybridized carbons (Fsp3) is 0.588. The topological polar surface area (TPSA) is 46.3 Å². The van der Waals surface area contributed by atoms with Crippen molar-refractivity contribution in [3.63, 3.8) is 0 Å². The second-order valence-electron chi connectivity index (χ2n) is 6.48. The van der Waals surface area contributed by atoms with Crippen molar-refractivity contribution in [2.45, 2.75) is 51.6 Å². The first-order valence-corrected chi connectivity index (χ1v) is 7.58. The Balaban J connectivity index is 2.14. The van der Waals surface area contributed by atoms with Crippen LogP contribution in [0.15, 0.2) is 30.3 Å². The van der Waals surface area contributed by atoms with E-state index in [0.29, 0.717) is 12.0 Å². The quantitative estimate of drug-likeness (QED) is 0.867. The Bertz CT molecular complexity index is 449. The van der Waals surface area contributed by atoms with E-state index in [0.717, 1.165) is 31.4 Å². The normalized spacial score (nSPS) is 17.9. The predicted molar refractivity (Wildman–Crippen MR) is 82.2 cm³/mol. The minimum atomic E-state index is -0.930. The molecule has 0 aromatic heterocycles. The summed E-state index contributed by atoms with van der Waals surface area (Å²) in [5.74, 6) is 0.664. The maximum Gasteiger partial charge on any atom is 0.247 e. The van der Waals surface area contributed by atoms with E-state index >= 15 is 0 Å². The molecule has 0 saturated heterocycles. The molecule has 1 unspecified atom stereocenters. The molecule has 2 N–H and O–H groups in total. The van der Waals surface area contributed by atoms with E-state index < -0.39 is 5.54 Å². The number of nitrogens with two attached hydrogens (primary N) is 1. The molecule has 0 bridgehead atoms. The lowest BCUT2D eigenvalue weighted by Crippen LogP contribution is -2.52. The number of rotatable bonds is 6. The molecule has 110 valence electrons. The third-order valence-corrected chi connectivity index (χ3v) is 4.01. The summed E-state index contributed by atoms with van der Waals surface area (Å²) < 4.78 is 0. The van der Waals surface area contributed by atoms with Gasteiger partial charge in [-0.05, 0) is 37.7 Å². The van der Waals surface area contributed by atoms with Gasteiger partial charge < -0.3 is 10.6 Å². The van der Waals surface area contributed by atoms with Crippen LogP contribution in [0.3, 0.4) is 0 Å². The van der Waals surface area contributed by atoms with Crippen molar-refractivity contribution >= 4 is 5.91 Å². The Labute approximate surface area is 122 Å². The highest BCUT2D eigenvalue weighted by Gasteiger charge is 2.40. The average molecular weight is 274 g/mol. The van der Waals surface area contributed by atoms with E-state index in [2.05, 4.69) is 13.8 Å². The van der Waals surface area contributed by atoms with Gasteiger partial charge in [0.2, 0.25) is 5.91 Å². The predicted octanol–water partition coefficient (Wildman–Crippen LogP) is 2.90. The molecular formula is C17H26N2O. The zero-order valence-corrected chi connectivity index (χ0v) is 12.8. The van der Waals surface area contributed by atoms with E-state index in [1.807, 2.05) is 42.2 Å². The van der Waals surface area contributed by atoms with Crippen LogP contribution in [0.5, 0.6) is 0 Å². The molecule has 1 aliphatic rings. The van der Waals surface area contributed by atoms with Gasteiger partial charge >= 0.3 is 0 Å².